The molecule has 0 aliphatic carbocycles. The van der Waals surface area contributed by atoms with Gasteiger partial charge in [-0.2, -0.15) is 0 Å². The minimum absolute atomic E-state index is 0.168. The molecule has 1 saturated heterocycles. The number of benzene rings is 1. The van der Waals surface area contributed by atoms with E-state index in [1.54, 1.807) is 0 Å². The molecule has 1 aromatic rings. The van der Waals surface area contributed by atoms with Gasteiger partial charge in [-0.3, -0.25) is 4.48 Å². The van der Waals surface area contributed by atoms with Crippen molar-refractivity contribution in [1.82, 2.24) is 0 Å². The van der Waals surface area contributed by atoms with Crippen molar-refractivity contribution in [1.29, 1.82) is 5.41 Å². The molecule has 4 unspecified atom stereocenters. The first-order valence-electron chi connectivity index (χ1n) is 7.83. The van der Waals surface area contributed by atoms with Crippen LogP contribution in [-0.2, 0) is 16.1 Å². The van der Waals surface area contributed by atoms with Gasteiger partial charge in [0.15, 0.2) is 0 Å². The van der Waals surface area contributed by atoms with Crippen molar-refractivity contribution in [3.8, 4) is 0 Å². The fraction of sp³-hybridized carbons (Fsp3) is 0.588. The zero-order chi connectivity index (χ0) is 17.0. The highest BCUT2D eigenvalue weighted by molar-refractivity contribution is 8.13. The van der Waals surface area contributed by atoms with Gasteiger partial charge in [0.25, 0.3) is 5.17 Å². The van der Waals surface area contributed by atoms with Crippen LogP contribution in [0.4, 0.5) is 0 Å². The Bertz CT molecular complexity index is 518. The van der Waals surface area contributed by atoms with Crippen LogP contribution in [0.3, 0.4) is 0 Å². The maximum Gasteiger partial charge on any atom is 0.258 e. The van der Waals surface area contributed by atoms with Gasteiger partial charge in [-0.1, -0.05) is 30.3 Å². The van der Waals surface area contributed by atoms with Crippen LogP contribution in [0.15, 0.2) is 30.3 Å². The van der Waals surface area contributed by atoms with Gasteiger partial charge in [0, 0.05) is 6.42 Å². The number of nitrogens with one attached hydrogen (secondary N) is 1. The maximum absolute atomic E-state index is 10.3. The van der Waals surface area contributed by atoms with Gasteiger partial charge in [0.1, 0.15) is 11.5 Å². The molecule has 2 N–H and O–H groups in total. The Labute approximate surface area is 142 Å². The average molecular weight is 339 g/mol. The molecule has 4 atom stereocenters. The second-order valence-corrected chi connectivity index (χ2v) is 7.92. The van der Waals surface area contributed by atoms with E-state index in [1.807, 2.05) is 58.4 Å². The minimum Gasteiger partial charge on any atom is -0.388 e. The Morgan fingerprint density at radius 3 is 2.61 bits per heavy atom. The molecule has 1 aromatic carbocycles. The van der Waals surface area contributed by atoms with Crippen LogP contribution in [0.25, 0.3) is 0 Å². The zero-order valence-electron chi connectivity index (χ0n) is 14.2. The molecule has 1 aliphatic rings. The van der Waals surface area contributed by atoms with E-state index in [9.17, 15) is 5.11 Å². The van der Waals surface area contributed by atoms with Crippen LogP contribution in [0, 0.1) is 5.41 Å². The topological polar surface area (TPSA) is 62.5 Å². The number of hydrogen-bond acceptors (Lipinski definition) is 5. The molecule has 2 rings (SSSR count). The summed E-state index contributed by atoms with van der Waals surface area (Å²) < 4.78 is 12.2. The van der Waals surface area contributed by atoms with Crippen molar-refractivity contribution in [2.75, 3.05) is 21.1 Å². The summed E-state index contributed by atoms with van der Waals surface area (Å²) in [7, 11) is 5.87. The minimum atomic E-state index is -0.645. The van der Waals surface area contributed by atoms with E-state index < -0.39 is 6.10 Å². The lowest BCUT2D eigenvalue weighted by Crippen LogP contribution is -2.48. The van der Waals surface area contributed by atoms with E-state index in [2.05, 4.69) is 0 Å². The lowest BCUT2D eigenvalue weighted by atomic mass is 10.0. The van der Waals surface area contributed by atoms with Crippen LogP contribution in [0.1, 0.15) is 18.9 Å². The molecule has 0 spiro atoms. The van der Waals surface area contributed by atoms with Gasteiger partial charge in [0.2, 0.25) is 0 Å². The second kappa shape index (κ2) is 7.77. The lowest BCUT2D eigenvalue weighted by Gasteiger charge is -2.38. The standard InChI is InChI=1S/C17H27N2O3S/c1-12-16(20)14(21-11-13-8-6-5-7-9-13)10-15(22-12)23-17(18)19(2,3)4/h5-9,12,14-16,18,20H,10-11H2,1-4H3/q+1. The summed E-state index contributed by atoms with van der Waals surface area (Å²) in [6.07, 6.45) is -0.654. The van der Waals surface area contributed by atoms with Crippen molar-refractivity contribution in [3.05, 3.63) is 35.9 Å². The predicted molar refractivity (Wildman–Crippen MR) is 93.3 cm³/mol. The third-order valence-corrected chi connectivity index (χ3v) is 5.15. The predicted octanol–water partition coefficient (Wildman–Crippen LogP) is 2.44. The number of rotatable bonds is 4. The molecule has 0 aromatic heterocycles. The smallest absolute Gasteiger partial charge is 0.258 e. The highest BCUT2D eigenvalue weighted by Gasteiger charge is 2.38. The lowest BCUT2D eigenvalue weighted by molar-refractivity contribution is -0.773. The molecular formula is C17H27N2O3S+. The number of aliphatic hydroxyl groups is 1. The summed E-state index contributed by atoms with van der Waals surface area (Å²) in [4.78, 5) is 0. The molecule has 0 saturated carbocycles. The first-order chi connectivity index (χ1) is 10.8. The van der Waals surface area contributed by atoms with Crippen LogP contribution >= 0.6 is 11.8 Å². The van der Waals surface area contributed by atoms with Crippen LogP contribution in [-0.4, -0.2) is 59.6 Å². The molecule has 0 amide bonds. The van der Waals surface area contributed by atoms with Crippen molar-refractivity contribution < 1.29 is 19.1 Å². The molecule has 128 valence electrons. The number of amidine groups is 1. The summed E-state index contributed by atoms with van der Waals surface area (Å²) in [5.74, 6) is 0. The number of aliphatic hydroxyl groups excluding tert-OH is 1. The van der Waals surface area contributed by atoms with Crippen molar-refractivity contribution in [3.63, 3.8) is 0 Å². The summed E-state index contributed by atoms with van der Waals surface area (Å²) >= 11 is 1.40. The van der Waals surface area contributed by atoms with Gasteiger partial charge in [0.05, 0.1) is 40.0 Å². The Balaban J connectivity index is 1.94. The molecule has 1 fully saturated rings. The normalized spacial score (nSPS) is 28.6. The molecule has 1 aliphatic heterocycles. The second-order valence-electron chi connectivity index (χ2n) is 6.77. The Morgan fingerprint density at radius 2 is 2.00 bits per heavy atom. The van der Waals surface area contributed by atoms with E-state index >= 15 is 0 Å². The van der Waals surface area contributed by atoms with E-state index in [0.717, 1.165) is 5.56 Å². The molecule has 0 bridgehead atoms. The third kappa shape index (κ3) is 5.29. The largest absolute Gasteiger partial charge is 0.388 e. The van der Waals surface area contributed by atoms with Crippen molar-refractivity contribution in [2.45, 2.75) is 43.7 Å². The summed E-state index contributed by atoms with van der Waals surface area (Å²) in [5.41, 5.74) is 0.918. The van der Waals surface area contributed by atoms with Gasteiger partial charge >= 0.3 is 0 Å². The summed E-state index contributed by atoms with van der Waals surface area (Å²) in [6, 6.07) is 9.94. The SMILES string of the molecule is CC1OC(SC(=N)[N+](C)(C)C)CC(OCc2ccccc2)C1O. The number of quaternary nitrogens is 1. The summed E-state index contributed by atoms with van der Waals surface area (Å²) in [6.45, 7) is 2.32. The first-order valence-corrected chi connectivity index (χ1v) is 8.71. The number of ether oxygens (including phenoxy) is 2. The Morgan fingerprint density at radius 1 is 1.35 bits per heavy atom. The number of hydrogen-bond donors (Lipinski definition) is 2. The van der Waals surface area contributed by atoms with Crippen LogP contribution in [0.5, 0.6) is 0 Å². The fourth-order valence-electron chi connectivity index (χ4n) is 2.31. The van der Waals surface area contributed by atoms with Crippen LogP contribution < -0.4 is 0 Å². The Hall–Kier alpha value is -0.920. The van der Waals surface area contributed by atoms with Crippen molar-refractivity contribution in [2.24, 2.45) is 0 Å². The van der Waals surface area contributed by atoms with Crippen LogP contribution in [0.2, 0.25) is 0 Å². The van der Waals surface area contributed by atoms with Gasteiger partial charge < -0.3 is 14.6 Å². The Kier molecular flexibility index (Phi) is 6.22. The molecule has 6 heteroatoms. The number of nitrogens with zero attached hydrogens (tertiary/aromatic N) is 1. The van der Waals surface area contributed by atoms with Crippen molar-refractivity contribution >= 4 is 16.9 Å². The van der Waals surface area contributed by atoms with E-state index in [0.29, 0.717) is 22.7 Å². The van der Waals surface area contributed by atoms with E-state index in [4.69, 9.17) is 14.9 Å². The average Bonchev–Trinajstić information content (AvgIpc) is 2.49. The first kappa shape index (κ1) is 18.4. The van der Waals surface area contributed by atoms with E-state index in [1.165, 1.54) is 11.8 Å². The highest BCUT2D eigenvalue weighted by atomic mass is 32.2. The van der Waals surface area contributed by atoms with Gasteiger partial charge in [-0.15, -0.1) is 0 Å². The third-order valence-electron chi connectivity index (χ3n) is 3.81. The highest BCUT2D eigenvalue weighted by Crippen LogP contribution is 2.31. The molecule has 0 radical (unpaired) electrons. The quantitative estimate of drug-likeness (QED) is 0.502. The monoisotopic (exact) mass is 339 g/mol. The number of thioether (sulfide) groups is 1. The molecule has 5 nitrogen and oxygen atoms in total. The van der Waals surface area contributed by atoms with Gasteiger partial charge in [-0.05, 0) is 24.2 Å². The molecule has 23 heavy (non-hydrogen) atoms. The fourth-order valence-corrected chi connectivity index (χ4v) is 3.39. The summed E-state index contributed by atoms with van der Waals surface area (Å²) in [5, 5.41) is 19.0. The zero-order valence-corrected chi connectivity index (χ0v) is 15.0. The van der Waals surface area contributed by atoms with Gasteiger partial charge in [-0.25, -0.2) is 5.41 Å². The van der Waals surface area contributed by atoms with E-state index in [-0.39, 0.29) is 17.6 Å². The maximum atomic E-state index is 10.3. The molecule has 1 heterocycles. The molecular weight excluding hydrogens is 312 g/mol.